The monoisotopic (exact) mass is 450 g/mol. The number of carbonyl (C=O) groups excluding carboxylic acids is 1. The number of hydrogen-bond donors (Lipinski definition) is 1. The Hall–Kier alpha value is -2.05. The first-order chi connectivity index (χ1) is 13.9. The Morgan fingerprint density at radius 1 is 1.03 bits per heavy atom. The molecule has 164 valence electrons. The van der Waals surface area contributed by atoms with Crippen molar-refractivity contribution < 1.29 is 13.2 Å². The topological polar surface area (TPSA) is 66.5 Å². The second-order valence-corrected chi connectivity index (χ2v) is 10.2. The van der Waals surface area contributed by atoms with Crippen LogP contribution in [0.2, 0.25) is 5.02 Å². The number of anilines is 1. The lowest BCUT2D eigenvalue weighted by Gasteiger charge is -2.31. The maximum Gasteiger partial charge on any atom is 0.244 e. The third-order valence-electron chi connectivity index (χ3n) is 5.45. The van der Waals surface area contributed by atoms with Gasteiger partial charge in [-0.3, -0.25) is 9.10 Å². The summed E-state index contributed by atoms with van der Waals surface area (Å²) in [5.41, 5.74) is 5.67. The lowest BCUT2D eigenvalue weighted by Crippen LogP contribution is -2.49. The second kappa shape index (κ2) is 9.40. The van der Waals surface area contributed by atoms with E-state index < -0.39 is 16.1 Å². The molecule has 1 amide bonds. The molecule has 0 heterocycles. The van der Waals surface area contributed by atoms with E-state index in [1.807, 2.05) is 27.7 Å². The molecule has 0 aliphatic carbocycles. The van der Waals surface area contributed by atoms with Crippen molar-refractivity contribution in [1.82, 2.24) is 5.32 Å². The van der Waals surface area contributed by atoms with Gasteiger partial charge in [-0.05, 0) is 81.0 Å². The van der Waals surface area contributed by atoms with Gasteiger partial charge in [0.05, 0.1) is 18.0 Å². The van der Waals surface area contributed by atoms with Crippen molar-refractivity contribution in [2.45, 2.75) is 60.0 Å². The normalized spacial score (nSPS) is 13.6. The third kappa shape index (κ3) is 5.35. The number of rotatable bonds is 7. The molecule has 0 saturated heterocycles. The number of benzene rings is 2. The second-order valence-electron chi connectivity index (χ2n) is 7.94. The average molecular weight is 451 g/mol. The number of hydrogen-bond acceptors (Lipinski definition) is 3. The molecule has 5 nitrogen and oxygen atoms in total. The van der Waals surface area contributed by atoms with Gasteiger partial charge in [0, 0.05) is 5.02 Å². The van der Waals surface area contributed by atoms with Gasteiger partial charge in [0.15, 0.2) is 0 Å². The summed E-state index contributed by atoms with van der Waals surface area (Å²) >= 11 is 6.22. The van der Waals surface area contributed by atoms with Crippen LogP contribution in [0.3, 0.4) is 0 Å². The van der Waals surface area contributed by atoms with Gasteiger partial charge in [-0.2, -0.15) is 0 Å². The summed E-state index contributed by atoms with van der Waals surface area (Å²) in [5, 5.41) is 3.46. The molecule has 2 aromatic rings. The fraction of sp³-hybridized carbons (Fsp3) is 0.435. The summed E-state index contributed by atoms with van der Waals surface area (Å²) < 4.78 is 26.4. The molecule has 0 bridgehead atoms. The van der Waals surface area contributed by atoms with Crippen LogP contribution in [0.5, 0.6) is 0 Å². The number of nitrogens with zero attached hydrogens (tertiary/aromatic N) is 1. The maximum absolute atomic E-state index is 13.2. The van der Waals surface area contributed by atoms with Crippen molar-refractivity contribution in [2.24, 2.45) is 0 Å². The smallest absolute Gasteiger partial charge is 0.244 e. The average Bonchev–Trinajstić information content (AvgIpc) is 2.63. The van der Waals surface area contributed by atoms with E-state index in [0.29, 0.717) is 17.1 Å². The Morgan fingerprint density at radius 3 is 2.17 bits per heavy atom. The van der Waals surface area contributed by atoms with Gasteiger partial charge in [-0.15, -0.1) is 0 Å². The molecule has 0 radical (unpaired) electrons. The van der Waals surface area contributed by atoms with Gasteiger partial charge >= 0.3 is 0 Å². The van der Waals surface area contributed by atoms with Crippen molar-refractivity contribution in [3.05, 3.63) is 63.2 Å². The summed E-state index contributed by atoms with van der Waals surface area (Å²) in [4.78, 5) is 13.2. The van der Waals surface area contributed by atoms with Crippen molar-refractivity contribution >= 4 is 33.2 Å². The summed E-state index contributed by atoms with van der Waals surface area (Å²) in [6, 6.07) is 8.05. The largest absolute Gasteiger partial charge is 0.348 e. The number of carbonyl (C=O) groups is 1. The zero-order valence-corrected chi connectivity index (χ0v) is 20.3. The molecule has 2 rings (SSSR count). The SMILES string of the molecule is CC[C@H](C(=O)N[C@H](C)c1cc(C)c(C)cc1C)N(c1ccc(C)c(Cl)c1)S(C)(=O)=O. The van der Waals surface area contributed by atoms with E-state index in [0.717, 1.165) is 32.8 Å². The van der Waals surface area contributed by atoms with Crippen molar-refractivity contribution in [1.29, 1.82) is 0 Å². The molecular formula is C23H31ClN2O3S. The number of nitrogens with one attached hydrogen (secondary N) is 1. The minimum Gasteiger partial charge on any atom is -0.348 e. The van der Waals surface area contributed by atoms with Gasteiger partial charge in [-0.25, -0.2) is 8.42 Å². The molecule has 0 saturated carbocycles. The molecule has 2 aromatic carbocycles. The van der Waals surface area contributed by atoms with E-state index in [1.54, 1.807) is 25.1 Å². The number of halogens is 1. The highest BCUT2D eigenvalue weighted by molar-refractivity contribution is 7.92. The van der Waals surface area contributed by atoms with Crippen LogP contribution in [0.25, 0.3) is 0 Å². The molecule has 0 aliphatic rings. The van der Waals surface area contributed by atoms with Crippen molar-refractivity contribution in [3.63, 3.8) is 0 Å². The van der Waals surface area contributed by atoms with Crippen LogP contribution in [-0.4, -0.2) is 26.6 Å². The molecular weight excluding hydrogens is 420 g/mol. The van der Waals surface area contributed by atoms with Crippen LogP contribution in [0.1, 0.15) is 54.1 Å². The van der Waals surface area contributed by atoms with Gasteiger partial charge in [-0.1, -0.05) is 36.7 Å². The summed E-state index contributed by atoms with van der Waals surface area (Å²) in [7, 11) is -3.71. The molecule has 2 atom stereocenters. The first kappa shape index (κ1) is 24.2. The molecule has 0 aromatic heterocycles. The highest BCUT2D eigenvalue weighted by atomic mass is 35.5. The highest BCUT2D eigenvalue weighted by Crippen LogP contribution is 2.28. The molecule has 30 heavy (non-hydrogen) atoms. The van der Waals surface area contributed by atoms with Crippen LogP contribution in [0.4, 0.5) is 5.69 Å². The van der Waals surface area contributed by atoms with Gasteiger partial charge in [0.2, 0.25) is 15.9 Å². The van der Waals surface area contributed by atoms with Crippen LogP contribution < -0.4 is 9.62 Å². The summed E-state index contributed by atoms with van der Waals surface area (Å²) in [5.74, 6) is -0.343. The molecule has 7 heteroatoms. The highest BCUT2D eigenvalue weighted by Gasteiger charge is 2.32. The van der Waals surface area contributed by atoms with E-state index in [1.165, 1.54) is 5.56 Å². The van der Waals surface area contributed by atoms with E-state index in [2.05, 4.69) is 24.4 Å². The van der Waals surface area contributed by atoms with E-state index >= 15 is 0 Å². The van der Waals surface area contributed by atoms with Crippen LogP contribution in [-0.2, 0) is 14.8 Å². The first-order valence-corrected chi connectivity index (χ1v) is 12.2. The fourth-order valence-electron chi connectivity index (χ4n) is 3.62. The number of sulfonamides is 1. The van der Waals surface area contributed by atoms with Crippen LogP contribution in [0.15, 0.2) is 30.3 Å². The summed E-state index contributed by atoms with van der Waals surface area (Å²) in [6.45, 7) is 11.7. The zero-order chi connectivity index (χ0) is 22.8. The minimum atomic E-state index is -3.71. The van der Waals surface area contributed by atoms with Crippen molar-refractivity contribution in [2.75, 3.05) is 10.6 Å². The van der Waals surface area contributed by atoms with E-state index in [9.17, 15) is 13.2 Å². The number of aryl methyl sites for hydroxylation is 4. The lowest BCUT2D eigenvalue weighted by atomic mass is 9.96. The molecule has 1 N–H and O–H groups in total. The molecule has 0 unspecified atom stereocenters. The minimum absolute atomic E-state index is 0.256. The van der Waals surface area contributed by atoms with Crippen LogP contribution >= 0.6 is 11.6 Å². The predicted octanol–water partition coefficient (Wildman–Crippen LogP) is 5.00. The first-order valence-electron chi connectivity index (χ1n) is 10.0. The Kier molecular flexibility index (Phi) is 7.59. The lowest BCUT2D eigenvalue weighted by molar-refractivity contribution is -0.122. The molecule has 0 fully saturated rings. The Balaban J connectivity index is 2.38. The van der Waals surface area contributed by atoms with Gasteiger partial charge in [0.25, 0.3) is 0 Å². The third-order valence-corrected chi connectivity index (χ3v) is 7.03. The predicted molar refractivity (Wildman–Crippen MR) is 125 cm³/mol. The Bertz CT molecular complexity index is 1050. The summed E-state index contributed by atoms with van der Waals surface area (Å²) in [6.07, 6.45) is 1.43. The van der Waals surface area contributed by atoms with E-state index in [4.69, 9.17) is 11.6 Å². The zero-order valence-electron chi connectivity index (χ0n) is 18.7. The van der Waals surface area contributed by atoms with E-state index in [-0.39, 0.29) is 11.9 Å². The molecule has 0 spiro atoms. The standard InChI is InChI=1S/C23H31ClN2O3S/c1-8-22(26(30(7,28)29)19-10-9-14(2)21(24)13-19)23(27)25-18(6)20-12-16(4)15(3)11-17(20)5/h9-13,18,22H,8H2,1-7H3,(H,25,27)/t18-,22-/m1/s1. The quantitative estimate of drug-likeness (QED) is 0.645. The van der Waals surface area contributed by atoms with Crippen LogP contribution in [0, 0.1) is 27.7 Å². The Morgan fingerprint density at radius 2 is 1.63 bits per heavy atom. The molecule has 0 aliphatic heterocycles. The maximum atomic E-state index is 13.2. The van der Waals surface area contributed by atoms with Gasteiger partial charge < -0.3 is 5.32 Å². The fourth-order valence-corrected chi connectivity index (χ4v) is 4.99. The number of amides is 1. The van der Waals surface area contributed by atoms with Gasteiger partial charge in [0.1, 0.15) is 6.04 Å². The Labute approximate surface area is 185 Å². The van der Waals surface area contributed by atoms with Crippen molar-refractivity contribution in [3.8, 4) is 0 Å².